The topological polar surface area (TPSA) is 55.9 Å². The van der Waals surface area contributed by atoms with Crippen molar-refractivity contribution in [3.63, 3.8) is 0 Å². The summed E-state index contributed by atoms with van der Waals surface area (Å²) in [6, 6.07) is 6.67. The number of benzene rings is 1. The second-order valence-corrected chi connectivity index (χ2v) is 4.85. The number of imidazole rings is 1. The number of nitrogens with two attached hydrogens (primary N) is 1. The predicted molar refractivity (Wildman–Crippen MR) is 72.9 cm³/mol. The molecular weight excluding hydrogens is 224 g/mol. The van der Waals surface area contributed by atoms with Gasteiger partial charge in [0.25, 0.3) is 0 Å². The van der Waals surface area contributed by atoms with E-state index in [-0.39, 0.29) is 6.04 Å². The molecule has 0 spiro atoms. The lowest BCUT2D eigenvalue weighted by molar-refractivity contribution is 0.521. The molecule has 1 aromatic heterocycles. The average molecular weight is 244 g/mol. The summed E-state index contributed by atoms with van der Waals surface area (Å²) < 4.78 is 1.99. The molecule has 2 rings (SSSR count). The zero-order valence-corrected chi connectivity index (χ0v) is 11.1. The van der Waals surface area contributed by atoms with Gasteiger partial charge in [-0.15, -0.1) is 0 Å². The van der Waals surface area contributed by atoms with Crippen LogP contribution in [0.15, 0.2) is 30.7 Å². The highest BCUT2D eigenvalue weighted by Crippen LogP contribution is 2.18. The van der Waals surface area contributed by atoms with Crippen molar-refractivity contribution in [3.8, 4) is 0 Å². The van der Waals surface area contributed by atoms with Gasteiger partial charge in [-0.2, -0.15) is 0 Å². The molecular formula is C14H20N4. The largest absolute Gasteiger partial charge is 0.336 e. The van der Waals surface area contributed by atoms with Crippen molar-refractivity contribution < 1.29 is 0 Å². The Kier molecular flexibility index (Phi) is 3.79. The summed E-state index contributed by atoms with van der Waals surface area (Å²) in [5.41, 5.74) is 7.82. The van der Waals surface area contributed by atoms with E-state index in [4.69, 9.17) is 5.84 Å². The highest BCUT2D eigenvalue weighted by molar-refractivity contribution is 5.29. The second-order valence-electron chi connectivity index (χ2n) is 4.85. The quantitative estimate of drug-likeness (QED) is 0.637. The molecule has 0 fully saturated rings. The molecule has 18 heavy (non-hydrogen) atoms. The van der Waals surface area contributed by atoms with E-state index in [0.29, 0.717) is 0 Å². The summed E-state index contributed by atoms with van der Waals surface area (Å²) in [5.74, 6) is 5.67. The molecule has 0 aliphatic rings. The lowest BCUT2D eigenvalue weighted by atomic mass is 10.00. The second kappa shape index (κ2) is 5.33. The molecule has 0 amide bonds. The summed E-state index contributed by atoms with van der Waals surface area (Å²) in [4.78, 5) is 4.13. The Balaban J connectivity index is 2.23. The van der Waals surface area contributed by atoms with E-state index in [0.717, 1.165) is 12.1 Å². The molecule has 96 valence electrons. The van der Waals surface area contributed by atoms with Crippen LogP contribution in [0.2, 0.25) is 0 Å². The Morgan fingerprint density at radius 1 is 1.28 bits per heavy atom. The maximum absolute atomic E-state index is 5.67. The van der Waals surface area contributed by atoms with Gasteiger partial charge in [-0.05, 0) is 25.8 Å². The molecule has 0 radical (unpaired) electrons. The van der Waals surface area contributed by atoms with E-state index in [1.165, 1.54) is 16.7 Å². The van der Waals surface area contributed by atoms with E-state index in [2.05, 4.69) is 42.5 Å². The van der Waals surface area contributed by atoms with Crippen molar-refractivity contribution in [2.24, 2.45) is 12.9 Å². The predicted octanol–water partition coefficient (Wildman–Crippen LogP) is 1.78. The highest BCUT2D eigenvalue weighted by Gasteiger charge is 2.14. The molecule has 0 saturated heterocycles. The van der Waals surface area contributed by atoms with E-state index in [1.54, 1.807) is 6.33 Å². The van der Waals surface area contributed by atoms with Crippen LogP contribution in [0, 0.1) is 13.8 Å². The standard InChI is InChI=1S/C14H20N4/c1-10-4-11(2)6-12(5-10)7-13(17-15)14-8-16-9-18(14)3/h4-6,8-9,13,17H,7,15H2,1-3H3. The van der Waals surface area contributed by atoms with Crippen LogP contribution in [0.25, 0.3) is 0 Å². The van der Waals surface area contributed by atoms with Crippen LogP contribution in [0.4, 0.5) is 0 Å². The van der Waals surface area contributed by atoms with Crippen LogP contribution in [0.1, 0.15) is 28.4 Å². The number of hydrogen-bond acceptors (Lipinski definition) is 3. The molecule has 2 aromatic rings. The number of aryl methyl sites for hydroxylation is 3. The molecule has 0 aliphatic carbocycles. The number of rotatable bonds is 4. The molecule has 4 heteroatoms. The third-order valence-electron chi connectivity index (χ3n) is 3.13. The van der Waals surface area contributed by atoms with Crippen LogP contribution in [-0.4, -0.2) is 9.55 Å². The third-order valence-corrected chi connectivity index (χ3v) is 3.13. The first-order valence-corrected chi connectivity index (χ1v) is 6.09. The van der Waals surface area contributed by atoms with Gasteiger partial charge >= 0.3 is 0 Å². The molecule has 3 N–H and O–H groups in total. The fourth-order valence-electron chi connectivity index (χ4n) is 2.37. The van der Waals surface area contributed by atoms with Crippen LogP contribution in [0.5, 0.6) is 0 Å². The van der Waals surface area contributed by atoms with Gasteiger partial charge in [0.05, 0.1) is 18.1 Å². The fraction of sp³-hybridized carbons (Fsp3) is 0.357. The minimum atomic E-state index is 0.0821. The highest BCUT2D eigenvalue weighted by atomic mass is 15.2. The lowest BCUT2D eigenvalue weighted by Crippen LogP contribution is -2.30. The summed E-state index contributed by atoms with van der Waals surface area (Å²) in [7, 11) is 1.98. The molecule has 1 heterocycles. The third kappa shape index (κ3) is 2.78. The maximum atomic E-state index is 5.67. The zero-order chi connectivity index (χ0) is 13.1. The Morgan fingerprint density at radius 3 is 2.44 bits per heavy atom. The minimum absolute atomic E-state index is 0.0821. The smallest absolute Gasteiger partial charge is 0.0946 e. The van der Waals surface area contributed by atoms with Crippen molar-refractivity contribution in [2.75, 3.05) is 0 Å². The Hall–Kier alpha value is -1.65. The Labute approximate surface area is 108 Å². The monoisotopic (exact) mass is 244 g/mol. The minimum Gasteiger partial charge on any atom is -0.336 e. The summed E-state index contributed by atoms with van der Waals surface area (Å²) >= 11 is 0. The van der Waals surface area contributed by atoms with E-state index in [1.807, 2.05) is 17.8 Å². The summed E-state index contributed by atoms with van der Waals surface area (Å²) in [6.07, 6.45) is 4.51. The van der Waals surface area contributed by atoms with Gasteiger partial charge in [-0.25, -0.2) is 4.98 Å². The normalized spacial score (nSPS) is 12.7. The molecule has 1 atom stereocenters. The maximum Gasteiger partial charge on any atom is 0.0946 e. The average Bonchev–Trinajstić information content (AvgIpc) is 2.71. The van der Waals surface area contributed by atoms with Gasteiger partial charge in [0.2, 0.25) is 0 Å². The first kappa shape index (κ1) is 12.8. The molecule has 0 bridgehead atoms. The molecule has 0 aliphatic heterocycles. The van der Waals surface area contributed by atoms with E-state index in [9.17, 15) is 0 Å². The summed E-state index contributed by atoms with van der Waals surface area (Å²) in [6.45, 7) is 4.23. The van der Waals surface area contributed by atoms with Crippen molar-refractivity contribution in [3.05, 3.63) is 53.1 Å². The van der Waals surface area contributed by atoms with Crippen LogP contribution in [-0.2, 0) is 13.5 Å². The Morgan fingerprint density at radius 2 is 1.94 bits per heavy atom. The molecule has 1 unspecified atom stereocenters. The SMILES string of the molecule is Cc1cc(C)cc(CC(NN)c2cncn2C)c1. The lowest BCUT2D eigenvalue weighted by Gasteiger charge is -2.17. The van der Waals surface area contributed by atoms with Crippen molar-refractivity contribution in [1.29, 1.82) is 0 Å². The van der Waals surface area contributed by atoms with Crippen LogP contribution >= 0.6 is 0 Å². The van der Waals surface area contributed by atoms with Gasteiger partial charge in [-0.3, -0.25) is 11.3 Å². The fourth-order valence-corrected chi connectivity index (χ4v) is 2.37. The van der Waals surface area contributed by atoms with Crippen molar-refractivity contribution >= 4 is 0 Å². The van der Waals surface area contributed by atoms with E-state index < -0.39 is 0 Å². The van der Waals surface area contributed by atoms with Crippen molar-refractivity contribution in [2.45, 2.75) is 26.3 Å². The van der Waals surface area contributed by atoms with Crippen LogP contribution in [0.3, 0.4) is 0 Å². The van der Waals surface area contributed by atoms with Gasteiger partial charge in [-0.1, -0.05) is 29.3 Å². The number of nitrogens with one attached hydrogen (secondary N) is 1. The van der Waals surface area contributed by atoms with Crippen molar-refractivity contribution in [1.82, 2.24) is 15.0 Å². The molecule has 1 aromatic carbocycles. The van der Waals surface area contributed by atoms with Crippen LogP contribution < -0.4 is 11.3 Å². The van der Waals surface area contributed by atoms with Gasteiger partial charge in [0.15, 0.2) is 0 Å². The first-order valence-electron chi connectivity index (χ1n) is 6.09. The Bertz CT molecular complexity index is 510. The number of aromatic nitrogens is 2. The number of hydrogen-bond donors (Lipinski definition) is 2. The van der Waals surface area contributed by atoms with Gasteiger partial charge < -0.3 is 4.57 Å². The number of nitrogens with zero attached hydrogens (tertiary/aromatic N) is 2. The number of hydrazine groups is 1. The van der Waals surface area contributed by atoms with Gasteiger partial charge in [0, 0.05) is 13.2 Å². The first-order chi connectivity index (χ1) is 8.60. The summed E-state index contributed by atoms with van der Waals surface area (Å²) in [5, 5.41) is 0. The molecule has 0 saturated carbocycles. The zero-order valence-electron chi connectivity index (χ0n) is 11.1. The van der Waals surface area contributed by atoms with E-state index >= 15 is 0 Å². The van der Waals surface area contributed by atoms with Gasteiger partial charge in [0.1, 0.15) is 0 Å². The molecule has 4 nitrogen and oxygen atoms in total.